The fourth-order valence-electron chi connectivity index (χ4n) is 2.82. The second-order valence-electron chi connectivity index (χ2n) is 6.05. The van der Waals surface area contributed by atoms with Gasteiger partial charge >= 0.3 is 0 Å². The first kappa shape index (κ1) is 16.8. The molecule has 0 spiro atoms. The number of hydrogen-bond acceptors (Lipinski definition) is 2. The molecule has 2 aromatic heterocycles. The summed E-state index contributed by atoms with van der Waals surface area (Å²) in [6.45, 7) is 2.71. The molecule has 2 heterocycles. The van der Waals surface area contributed by atoms with E-state index in [0.29, 0.717) is 13.0 Å². The monoisotopic (exact) mass is 388 g/mol. The van der Waals surface area contributed by atoms with E-state index < -0.39 is 0 Å². The van der Waals surface area contributed by atoms with Crippen molar-refractivity contribution in [3.63, 3.8) is 0 Å². The van der Waals surface area contributed by atoms with Crippen LogP contribution < -0.4 is 5.32 Å². The van der Waals surface area contributed by atoms with Crippen LogP contribution in [-0.2, 0) is 17.8 Å². The minimum Gasteiger partial charge on any atom is -0.469 e. The summed E-state index contributed by atoms with van der Waals surface area (Å²) < 4.78 is 8.50. The summed E-state index contributed by atoms with van der Waals surface area (Å²) in [5.74, 6) is 1.04. The zero-order valence-electron chi connectivity index (χ0n) is 13.7. The number of hydrogen-bond donors (Lipinski definition) is 1. The Kier molecular flexibility index (Phi) is 5.41. The Labute approximate surface area is 150 Å². The van der Waals surface area contributed by atoms with E-state index in [1.165, 1.54) is 5.39 Å². The SMILES string of the molecule is C[C@@H](CCc1ccco1)NC(=O)CCn1ccc2cc(Br)ccc21. The Balaban J connectivity index is 1.47. The molecule has 0 aliphatic rings. The van der Waals surface area contributed by atoms with Gasteiger partial charge in [0.05, 0.1) is 6.26 Å². The molecule has 24 heavy (non-hydrogen) atoms. The van der Waals surface area contributed by atoms with Crippen LogP contribution in [0.25, 0.3) is 10.9 Å². The van der Waals surface area contributed by atoms with Gasteiger partial charge < -0.3 is 14.3 Å². The zero-order valence-corrected chi connectivity index (χ0v) is 15.3. The fourth-order valence-corrected chi connectivity index (χ4v) is 3.20. The molecule has 0 saturated carbocycles. The number of benzene rings is 1. The van der Waals surface area contributed by atoms with Gasteiger partial charge in [0.2, 0.25) is 5.91 Å². The van der Waals surface area contributed by atoms with Gasteiger partial charge in [-0.25, -0.2) is 0 Å². The highest BCUT2D eigenvalue weighted by atomic mass is 79.9. The largest absolute Gasteiger partial charge is 0.469 e. The van der Waals surface area contributed by atoms with Crippen molar-refractivity contribution in [2.45, 2.75) is 38.8 Å². The molecule has 0 bridgehead atoms. The topological polar surface area (TPSA) is 47.2 Å². The molecule has 0 unspecified atom stereocenters. The lowest BCUT2D eigenvalue weighted by molar-refractivity contribution is -0.121. The normalized spacial score (nSPS) is 12.4. The first-order valence-electron chi connectivity index (χ1n) is 8.18. The first-order chi connectivity index (χ1) is 11.6. The number of amides is 1. The van der Waals surface area contributed by atoms with E-state index in [9.17, 15) is 4.79 Å². The van der Waals surface area contributed by atoms with Crippen LogP contribution in [0.5, 0.6) is 0 Å². The Morgan fingerprint density at radius 3 is 3.00 bits per heavy atom. The minimum atomic E-state index is 0.0842. The molecule has 3 aromatic rings. The number of aryl methyl sites for hydroxylation is 2. The summed E-state index contributed by atoms with van der Waals surface area (Å²) in [4.78, 5) is 12.1. The Hall–Kier alpha value is -2.01. The maximum Gasteiger partial charge on any atom is 0.221 e. The lowest BCUT2D eigenvalue weighted by Gasteiger charge is -2.13. The number of aromatic nitrogens is 1. The summed E-state index contributed by atoms with van der Waals surface area (Å²) in [5, 5.41) is 4.24. The average Bonchev–Trinajstić information content (AvgIpc) is 3.20. The van der Waals surface area contributed by atoms with Crippen molar-refractivity contribution >= 4 is 32.7 Å². The zero-order chi connectivity index (χ0) is 16.9. The molecule has 0 radical (unpaired) electrons. The molecular formula is C19H21BrN2O2. The molecule has 4 nitrogen and oxygen atoms in total. The van der Waals surface area contributed by atoms with Crippen molar-refractivity contribution in [1.29, 1.82) is 0 Å². The highest BCUT2D eigenvalue weighted by Crippen LogP contribution is 2.21. The van der Waals surface area contributed by atoms with Gasteiger partial charge in [0, 0.05) is 47.0 Å². The quantitative estimate of drug-likeness (QED) is 0.646. The van der Waals surface area contributed by atoms with Gasteiger partial charge in [0.25, 0.3) is 0 Å². The third kappa shape index (κ3) is 4.29. The lowest BCUT2D eigenvalue weighted by Crippen LogP contribution is -2.33. The van der Waals surface area contributed by atoms with E-state index in [1.54, 1.807) is 6.26 Å². The number of rotatable bonds is 7. The molecular weight excluding hydrogens is 368 g/mol. The number of nitrogens with one attached hydrogen (secondary N) is 1. The van der Waals surface area contributed by atoms with E-state index in [2.05, 4.69) is 44.0 Å². The maximum atomic E-state index is 12.1. The van der Waals surface area contributed by atoms with Crippen LogP contribution in [0.15, 0.2) is 57.7 Å². The Morgan fingerprint density at radius 2 is 2.21 bits per heavy atom. The molecule has 0 fully saturated rings. The number of carbonyl (C=O) groups is 1. The second-order valence-corrected chi connectivity index (χ2v) is 6.96. The molecule has 1 aromatic carbocycles. The highest BCUT2D eigenvalue weighted by Gasteiger charge is 2.09. The first-order valence-corrected chi connectivity index (χ1v) is 8.97. The van der Waals surface area contributed by atoms with Gasteiger partial charge in [-0.15, -0.1) is 0 Å². The summed E-state index contributed by atoms with van der Waals surface area (Å²) in [6, 6.07) is 12.2. The highest BCUT2D eigenvalue weighted by molar-refractivity contribution is 9.10. The summed E-state index contributed by atoms with van der Waals surface area (Å²) >= 11 is 3.48. The van der Waals surface area contributed by atoms with Gasteiger partial charge in [-0.2, -0.15) is 0 Å². The number of halogens is 1. The predicted molar refractivity (Wildman–Crippen MR) is 98.9 cm³/mol. The number of nitrogens with zero attached hydrogens (tertiary/aromatic N) is 1. The molecule has 3 rings (SSSR count). The van der Waals surface area contributed by atoms with E-state index in [-0.39, 0.29) is 11.9 Å². The van der Waals surface area contributed by atoms with Gasteiger partial charge in [-0.3, -0.25) is 4.79 Å². The van der Waals surface area contributed by atoms with Gasteiger partial charge in [0.1, 0.15) is 5.76 Å². The Morgan fingerprint density at radius 1 is 1.33 bits per heavy atom. The number of furan rings is 1. The second kappa shape index (κ2) is 7.71. The standard InChI is InChI=1S/C19H21BrN2O2/c1-14(4-6-17-3-2-12-24-17)21-19(23)9-11-22-10-8-15-13-16(20)5-7-18(15)22/h2-3,5,7-8,10,12-14H,4,6,9,11H2,1H3,(H,21,23)/t14-/m0/s1. The van der Waals surface area contributed by atoms with Crippen LogP contribution in [0.4, 0.5) is 0 Å². The molecule has 0 aliphatic heterocycles. The number of carbonyl (C=O) groups excluding carboxylic acids is 1. The molecule has 1 atom stereocenters. The van der Waals surface area contributed by atoms with Gasteiger partial charge in [-0.1, -0.05) is 15.9 Å². The van der Waals surface area contributed by atoms with Crippen LogP contribution in [0.2, 0.25) is 0 Å². The molecule has 1 amide bonds. The lowest BCUT2D eigenvalue weighted by atomic mass is 10.1. The summed E-state index contributed by atoms with van der Waals surface area (Å²) in [7, 11) is 0. The molecule has 0 aliphatic carbocycles. The van der Waals surface area contributed by atoms with E-state index >= 15 is 0 Å². The van der Waals surface area contributed by atoms with Gasteiger partial charge in [-0.05, 0) is 49.7 Å². The Bertz CT molecular complexity index is 808. The molecule has 0 saturated heterocycles. The fraction of sp³-hybridized carbons (Fsp3) is 0.316. The predicted octanol–water partition coefficient (Wildman–Crippen LogP) is 4.52. The van der Waals surface area contributed by atoms with Crippen molar-refractivity contribution in [3.05, 3.63) is 59.1 Å². The van der Waals surface area contributed by atoms with E-state index in [1.807, 2.05) is 31.3 Å². The van der Waals surface area contributed by atoms with Crippen LogP contribution in [0.1, 0.15) is 25.5 Å². The third-order valence-electron chi connectivity index (χ3n) is 4.12. The van der Waals surface area contributed by atoms with Crippen molar-refractivity contribution in [1.82, 2.24) is 9.88 Å². The van der Waals surface area contributed by atoms with Crippen LogP contribution in [-0.4, -0.2) is 16.5 Å². The molecule has 126 valence electrons. The summed E-state index contributed by atoms with van der Waals surface area (Å²) in [6.07, 6.45) is 5.90. The third-order valence-corrected chi connectivity index (χ3v) is 4.62. The molecule has 5 heteroatoms. The maximum absolute atomic E-state index is 12.1. The van der Waals surface area contributed by atoms with Crippen LogP contribution >= 0.6 is 15.9 Å². The van der Waals surface area contributed by atoms with Gasteiger partial charge in [0.15, 0.2) is 0 Å². The average molecular weight is 389 g/mol. The van der Waals surface area contributed by atoms with Crippen molar-refractivity contribution in [3.8, 4) is 0 Å². The molecule has 1 N–H and O–H groups in total. The van der Waals surface area contributed by atoms with Crippen molar-refractivity contribution in [2.75, 3.05) is 0 Å². The van der Waals surface area contributed by atoms with E-state index in [4.69, 9.17) is 4.42 Å². The van der Waals surface area contributed by atoms with Crippen LogP contribution in [0, 0.1) is 0 Å². The van der Waals surface area contributed by atoms with Crippen LogP contribution in [0.3, 0.4) is 0 Å². The minimum absolute atomic E-state index is 0.0842. The van der Waals surface area contributed by atoms with Crippen molar-refractivity contribution in [2.24, 2.45) is 0 Å². The van der Waals surface area contributed by atoms with Crippen molar-refractivity contribution < 1.29 is 9.21 Å². The summed E-state index contributed by atoms with van der Waals surface area (Å²) in [5.41, 5.74) is 1.15. The smallest absolute Gasteiger partial charge is 0.221 e. The number of fused-ring (bicyclic) bond motifs is 1. The van der Waals surface area contributed by atoms with E-state index in [0.717, 1.165) is 28.6 Å².